The van der Waals surface area contributed by atoms with Gasteiger partial charge < -0.3 is 5.11 Å². The molecule has 0 aliphatic rings. The highest BCUT2D eigenvalue weighted by atomic mass is 19.4. The van der Waals surface area contributed by atoms with Crippen LogP contribution in [0.1, 0.15) is 11.1 Å². The van der Waals surface area contributed by atoms with Crippen LogP contribution in [0, 0.1) is 0 Å². The third-order valence-electron chi connectivity index (χ3n) is 3.37. The monoisotopic (exact) mass is 328 g/mol. The molecule has 1 nitrogen and oxygen atoms in total. The van der Waals surface area contributed by atoms with Crippen molar-refractivity contribution in [3.05, 3.63) is 77.9 Å². The lowest BCUT2D eigenvalue weighted by molar-refractivity contribution is -0.334. The van der Waals surface area contributed by atoms with Crippen molar-refractivity contribution in [2.45, 2.75) is 17.7 Å². The van der Waals surface area contributed by atoms with Crippen molar-refractivity contribution in [2.75, 3.05) is 0 Å². The summed E-state index contributed by atoms with van der Waals surface area (Å²) in [5.74, 6) is -5.35. The molecule has 0 aliphatic heterocycles. The second-order valence-corrected chi connectivity index (χ2v) is 4.95. The molecule has 0 radical (unpaired) electrons. The Morgan fingerprint density at radius 3 is 1.70 bits per heavy atom. The molecule has 23 heavy (non-hydrogen) atoms. The standard InChI is InChI=1S/C17H13F5O/c18-16(19,17(20,21)22)15(23,14-9-5-2-6-10-14)12-11-13-7-3-1-4-8-13/h1-12,23H/b12-11+. The summed E-state index contributed by atoms with van der Waals surface area (Å²) in [6, 6.07) is 14.0. The number of halogens is 5. The lowest BCUT2D eigenvalue weighted by Gasteiger charge is -2.35. The molecule has 6 heteroatoms. The minimum atomic E-state index is -5.90. The number of hydrogen-bond donors (Lipinski definition) is 1. The second-order valence-electron chi connectivity index (χ2n) is 4.95. The predicted molar refractivity (Wildman–Crippen MR) is 76.8 cm³/mol. The molecule has 0 fully saturated rings. The van der Waals surface area contributed by atoms with Crippen LogP contribution < -0.4 is 0 Å². The molecule has 2 aromatic carbocycles. The van der Waals surface area contributed by atoms with E-state index >= 15 is 0 Å². The maximum Gasteiger partial charge on any atom is 0.457 e. The summed E-state index contributed by atoms with van der Waals surface area (Å²) in [5.41, 5.74) is -3.67. The normalized spacial score (nSPS) is 15.6. The minimum absolute atomic E-state index is 0.389. The van der Waals surface area contributed by atoms with Crippen LogP contribution in [0.4, 0.5) is 22.0 Å². The van der Waals surface area contributed by atoms with E-state index in [1.807, 2.05) is 0 Å². The highest BCUT2D eigenvalue weighted by Gasteiger charge is 2.69. The predicted octanol–water partition coefficient (Wildman–Crippen LogP) is 4.79. The van der Waals surface area contributed by atoms with E-state index in [9.17, 15) is 27.1 Å². The molecule has 1 atom stereocenters. The van der Waals surface area contributed by atoms with Gasteiger partial charge in [-0.25, -0.2) is 0 Å². The SMILES string of the molecule is OC(/C=C/c1ccccc1)(c1ccccc1)C(F)(F)C(F)(F)F. The number of hydrogen-bond acceptors (Lipinski definition) is 1. The molecule has 1 unspecified atom stereocenters. The Balaban J connectivity index is 2.55. The summed E-state index contributed by atoms with van der Waals surface area (Å²) in [5, 5.41) is 10.3. The summed E-state index contributed by atoms with van der Waals surface area (Å²) >= 11 is 0. The number of benzene rings is 2. The molecule has 122 valence electrons. The number of rotatable bonds is 4. The summed E-state index contributed by atoms with van der Waals surface area (Å²) in [7, 11) is 0. The number of alkyl halides is 5. The minimum Gasteiger partial charge on any atom is -0.375 e. The van der Waals surface area contributed by atoms with Crippen LogP contribution in [-0.4, -0.2) is 17.2 Å². The Hall–Kier alpha value is -2.21. The van der Waals surface area contributed by atoms with Gasteiger partial charge in [0.15, 0.2) is 5.60 Å². The fraction of sp³-hybridized carbons (Fsp3) is 0.176. The topological polar surface area (TPSA) is 20.2 Å². The van der Waals surface area contributed by atoms with Gasteiger partial charge in [0, 0.05) is 0 Å². The van der Waals surface area contributed by atoms with E-state index in [0.717, 1.165) is 18.2 Å². The molecular weight excluding hydrogens is 315 g/mol. The van der Waals surface area contributed by atoms with E-state index in [4.69, 9.17) is 0 Å². The smallest absolute Gasteiger partial charge is 0.375 e. The van der Waals surface area contributed by atoms with Crippen molar-refractivity contribution >= 4 is 6.08 Å². The zero-order valence-corrected chi connectivity index (χ0v) is 11.8. The van der Waals surface area contributed by atoms with Crippen LogP contribution in [-0.2, 0) is 5.60 Å². The summed E-state index contributed by atoms with van der Waals surface area (Å²) in [6.07, 6.45) is -4.39. The van der Waals surface area contributed by atoms with Gasteiger partial charge in [-0.15, -0.1) is 0 Å². The van der Waals surface area contributed by atoms with Gasteiger partial charge in [0.1, 0.15) is 0 Å². The van der Waals surface area contributed by atoms with E-state index in [0.29, 0.717) is 11.6 Å². The third kappa shape index (κ3) is 3.27. The van der Waals surface area contributed by atoms with E-state index in [2.05, 4.69) is 0 Å². The Morgan fingerprint density at radius 2 is 1.22 bits per heavy atom. The van der Waals surface area contributed by atoms with Gasteiger partial charge in [-0.3, -0.25) is 0 Å². The van der Waals surface area contributed by atoms with Gasteiger partial charge >= 0.3 is 12.1 Å². The Morgan fingerprint density at radius 1 is 0.739 bits per heavy atom. The van der Waals surface area contributed by atoms with Crippen LogP contribution in [0.25, 0.3) is 6.08 Å². The van der Waals surface area contributed by atoms with E-state index < -0.39 is 23.3 Å². The Labute approximate surface area is 129 Å². The van der Waals surface area contributed by atoms with Crippen molar-refractivity contribution in [1.82, 2.24) is 0 Å². The Kier molecular flexibility index (Phi) is 4.56. The van der Waals surface area contributed by atoms with E-state index in [-0.39, 0.29) is 0 Å². The molecule has 0 spiro atoms. The molecule has 0 saturated heterocycles. The van der Waals surface area contributed by atoms with Crippen LogP contribution in [0.5, 0.6) is 0 Å². The first-order chi connectivity index (χ1) is 10.7. The maximum absolute atomic E-state index is 13.9. The van der Waals surface area contributed by atoms with Crippen LogP contribution in [0.2, 0.25) is 0 Å². The van der Waals surface area contributed by atoms with Crippen LogP contribution in [0.15, 0.2) is 66.7 Å². The summed E-state index contributed by atoms with van der Waals surface area (Å²) < 4.78 is 66.3. The fourth-order valence-corrected chi connectivity index (χ4v) is 2.07. The quantitative estimate of drug-likeness (QED) is 0.801. The molecule has 0 saturated carbocycles. The van der Waals surface area contributed by atoms with Gasteiger partial charge in [-0.1, -0.05) is 66.7 Å². The molecule has 0 bridgehead atoms. The van der Waals surface area contributed by atoms with Gasteiger partial charge in [-0.2, -0.15) is 22.0 Å². The first-order valence-corrected chi connectivity index (χ1v) is 6.65. The lowest BCUT2D eigenvalue weighted by atomic mass is 9.86. The van der Waals surface area contributed by atoms with Gasteiger partial charge in [-0.05, 0) is 17.2 Å². The lowest BCUT2D eigenvalue weighted by Crippen LogP contribution is -2.53. The maximum atomic E-state index is 13.9. The first-order valence-electron chi connectivity index (χ1n) is 6.65. The summed E-state index contributed by atoms with van der Waals surface area (Å²) in [6.45, 7) is 0. The van der Waals surface area contributed by atoms with Crippen LogP contribution in [0.3, 0.4) is 0 Å². The molecular formula is C17H13F5O. The van der Waals surface area contributed by atoms with Gasteiger partial charge in [0.25, 0.3) is 0 Å². The molecule has 0 heterocycles. The molecule has 0 aromatic heterocycles. The molecule has 2 aromatic rings. The average Bonchev–Trinajstić information content (AvgIpc) is 2.53. The fourth-order valence-electron chi connectivity index (χ4n) is 2.07. The van der Waals surface area contributed by atoms with E-state index in [1.54, 1.807) is 18.2 Å². The van der Waals surface area contributed by atoms with Crippen LogP contribution >= 0.6 is 0 Å². The third-order valence-corrected chi connectivity index (χ3v) is 3.37. The molecule has 1 N–H and O–H groups in total. The van der Waals surface area contributed by atoms with Gasteiger partial charge in [0.05, 0.1) is 0 Å². The largest absolute Gasteiger partial charge is 0.457 e. The van der Waals surface area contributed by atoms with Crippen molar-refractivity contribution in [1.29, 1.82) is 0 Å². The first kappa shape index (κ1) is 17.1. The number of aliphatic hydroxyl groups is 1. The molecule has 2 rings (SSSR count). The van der Waals surface area contributed by atoms with Crippen molar-refractivity contribution < 1.29 is 27.1 Å². The van der Waals surface area contributed by atoms with Crippen molar-refractivity contribution in [2.24, 2.45) is 0 Å². The molecule has 0 aliphatic carbocycles. The highest BCUT2D eigenvalue weighted by Crippen LogP contribution is 2.49. The Bertz CT molecular complexity index is 664. The van der Waals surface area contributed by atoms with Crippen molar-refractivity contribution in [3.8, 4) is 0 Å². The molecule has 0 amide bonds. The second kappa shape index (κ2) is 6.12. The zero-order valence-electron chi connectivity index (χ0n) is 11.8. The zero-order chi connectivity index (χ0) is 17.1. The van der Waals surface area contributed by atoms with Crippen molar-refractivity contribution in [3.63, 3.8) is 0 Å². The van der Waals surface area contributed by atoms with E-state index in [1.165, 1.54) is 30.3 Å². The average molecular weight is 328 g/mol. The summed E-state index contributed by atoms with van der Waals surface area (Å²) in [4.78, 5) is 0. The van der Waals surface area contributed by atoms with Gasteiger partial charge in [0.2, 0.25) is 0 Å². The highest BCUT2D eigenvalue weighted by molar-refractivity contribution is 5.52.